The third-order valence-corrected chi connectivity index (χ3v) is 7.15. The van der Waals surface area contributed by atoms with Gasteiger partial charge in [0.15, 0.2) is 0 Å². The third kappa shape index (κ3) is 4.14. The summed E-state index contributed by atoms with van der Waals surface area (Å²) in [6.45, 7) is 4.48. The van der Waals surface area contributed by atoms with Crippen LogP contribution in [0.3, 0.4) is 0 Å². The van der Waals surface area contributed by atoms with Gasteiger partial charge in [0.2, 0.25) is 5.91 Å². The summed E-state index contributed by atoms with van der Waals surface area (Å²) in [5, 5.41) is 1.06. The van der Waals surface area contributed by atoms with Gasteiger partial charge in [-0.3, -0.25) is 9.69 Å². The largest absolute Gasteiger partial charge is 0.464 e. The molecular formula is C27H32N2O2. The molecule has 1 aliphatic carbocycles. The number of aryl methyl sites for hydroxylation is 1. The number of amides is 1. The maximum atomic E-state index is 13.9. The number of hydrogen-bond donors (Lipinski definition) is 0. The second kappa shape index (κ2) is 8.88. The number of hydrogen-bond acceptors (Lipinski definition) is 3. The summed E-state index contributed by atoms with van der Waals surface area (Å²) in [6, 6.07) is 17.2. The average Bonchev–Trinajstić information content (AvgIpc) is 3.47. The van der Waals surface area contributed by atoms with Crippen LogP contribution in [0.5, 0.6) is 0 Å². The van der Waals surface area contributed by atoms with E-state index in [1.54, 1.807) is 6.26 Å². The number of carbonyl (C=O) groups excluding carboxylic acids is 1. The Labute approximate surface area is 184 Å². The fourth-order valence-electron chi connectivity index (χ4n) is 5.61. The van der Waals surface area contributed by atoms with E-state index in [0.717, 1.165) is 28.6 Å². The van der Waals surface area contributed by atoms with Crippen molar-refractivity contribution in [2.24, 2.45) is 0 Å². The number of furan rings is 1. The first kappa shape index (κ1) is 20.3. The predicted molar refractivity (Wildman–Crippen MR) is 125 cm³/mol. The lowest BCUT2D eigenvalue weighted by Gasteiger charge is -2.44. The van der Waals surface area contributed by atoms with Crippen LogP contribution >= 0.6 is 0 Å². The highest BCUT2D eigenvalue weighted by atomic mass is 16.3. The molecule has 0 spiro atoms. The van der Waals surface area contributed by atoms with E-state index in [0.29, 0.717) is 12.5 Å². The van der Waals surface area contributed by atoms with Gasteiger partial charge in [-0.2, -0.15) is 0 Å². The molecule has 2 fully saturated rings. The Balaban J connectivity index is 1.48. The number of fused-ring (bicyclic) bond motifs is 1. The minimum atomic E-state index is 0.202. The molecule has 1 aliphatic heterocycles. The van der Waals surface area contributed by atoms with E-state index in [9.17, 15) is 4.79 Å². The monoisotopic (exact) mass is 416 g/mol. The second-order valence-electron chi connectivity index (χ2n) is 9.18. The van der Waals surface area contributed by atoms with E-state index in [1.807, 2.05) is 18.2 Å². The molecule has 2 atom stereocenters. The first-order chi connectivity index (χ1) is 15.2. The Bertz CT molecular complexity index is 1050. The van der Waals surface area contributed by atoms with Crippen molar-refractivity contribution in [3.8, 4) is 0 Å². The fraction of sp³-hybridized carbons (Fsp3) is 0.444. The van der Waals surface area contributed by atoms with Gasteiger partial charge < -0.3 is 9.32 Å². The molecule has 2 aliphatic rings. The summed E-state index contributed by atoms with van der Waals surface area (Å²) in [5.41, 5.74) is 4.17. The minimum absolute atomic E-state index is 0.202. The molecule has 4 heteroatoms. The van der Waals surface area contributed by atoms with Crippen LogP contribution in [-0.2, 0) is 11.2 Å². The quantitative estimate of drug-likeness (QED) is 0.533. The summed E-state index contributed by atoms with van der Waals surface area (Å²) in [4.78, 5) is 18.7. The highest BCUT2D eigenvalue weighted by Crippen LogP contribution is 2.34. The van der Waals surface area contributed by atoms with Crippen LogP contribution in [0.1, 0.15) is 49.7 Å². The first-order valence-electron chi connectivity index (χ1n) is 11.8. The Morgan fingerprint density at radius 1 is 1.03 bits per heavy atom. The number of rotatable bonds is 5. The number of anilines is 1. The molecule has 1 saturated carbocycles. The molecule has 5 rings (SSSR count). The van der Waals surface area contributed by atoms with E-state index >= 15 is 0 Å². The average molecular weight is 417 g/mol. The molecule has 2 heterocycles. The van der Waals surface area contributed by atoms with E-state index < -0.39 is 0 Å². The summed E-state index contributed by atoms with van der Waals surface area (Å²) in [7, 11) is 0. The van der Waals surface area contributed by atoms with Crippen LogP contribution in [0.4, 0.5) is 5.69 Å². The van der Waals surface area contributed by atoms with Gasteiger partial charge in [0.05, 0.1) is 18.7 Å². The normalized spacial score (nSPS) is 22.1. The molecule has 162 valence electrons. The van der Waals surface area contributed by atoms with E-state index in [4.69, 9.17) is 4.42 Å². The van der Waals surface area contributed by atoms with Gasteiger partial charge in [0.25, 0.3) is 0 Å². The van der Waals surface area contributed by atoms with Crippen LogP contribution < -0.4 is 4.90 Å². The number of nitrogens with zero attached hydrogens (tertiary/aromatic N) is 2. The van der Waals surface area contributed by atoms with E-state index in [-0.39, 0.29) is 11.9 Å². The number of likely N-dealkylation sites (tertiary alicyclic amines) is 1. The lowest BCUT2D eigenvalue weighted by molar-refractivity contribution is -0.119. The Morgan fingerprint density at radius 3 is 2.68 bits per heavy atom. The van der Waals surface area contributed by atoms with E-state index in [2.05, 4.69) is 47.1 Å². The van der Waals surface area contributed by atoms with Gasteiger partial charge in [-0.25, -0.2) is 0 Å². The van der Waals surface area contributed by atoms with Crippen molar-refractivity contribution >= 4 is 22.6 Å². The maximum Gasteiger partial charge on any atom is 0.231 e. The molecule has 4 nitrogen and oxygen atoms in total. The zero-order valence-electron chi connectivity index (χ0n) is 18.4. The molecular weight excluding hydrogens is 384 g/mol. The molecule has 0 N–H and O–H groups in total. The van der Waals surface area contributed by atoms with Crippen molar-refractivity contribution < 1.29 is 9.21 Å². The first-order valence-corrected chi connectivity index (χ1v) is 11.8. The number of carbonyl (C=O) groups is 1. The minimum Gasteiger partial charge on any atom is -0.464 e. The lowest BCUT2D eigenvalue weighted by Crippen LogP contribution is -2.55. The SMILES string of the molecule is Cc1ccccc1N(C(=O)Cc1ccc2occc2c1)C1CCCCC1N1CCCC1. The van der Waals surface area contributed by atoms with Crippen LogP contribution in [0.25, 0.3) is 11.0 Å². The molecule has 2 unspecified atom stereocenters. The summed E-state index contributed by atoms with van der Waals surface area (Å²) in [6.07, 6.45) is 9.44. The third-order valence-electron chi connectivity index (χ3n) is 7.15. The maximum absolute atomic E-state index is 13.9. The van der Waals surface area contributed by atoms with Crippen molar-refractivity contribution in [2.75, 3.05) is 18.0 Å². The van der Waals surface area contributed by atoms with Gasteiger partial charge in [0, 0.05) is 17.1 Å². The van der Waals surface area contributed by atoms with Gasteiger partial charge in [-0.15, -0.1) is 0 Å². The van der Waals surface area contributed by atoms with Crippen molar-refractivity contribution in [2.45, 2.75) is 64.0 Å². The lowest BCUT2D eigenvalue weighted by atomic mass is 9.87. The topological polar surface area (TPSA) is 36.7 Å². The predicted octanol–water partition coefficient (Wildman–Crippen LogP) is 5.72. The molecule has 1 aromatic heterocycles. The Kier molecular flexibility index (Phi) is 5.82. The van der Waals surface area contributed by atoms with Crippen molar-refractivity contribution in [1.82, 2.24) is 4.90 Å². The van der Waals surface area contributed by atoms with Gasteiger partial charge in [-0.1, -0.05) is 37.1 Å². The number of benzene rings is 2. The van der Waals surface area contributed by atoms with Crippen molar-refractivity contribution in [3.05, 3.63) is 65.9 Å². The summed E-state index contributed by atoms with van der Waals surface area (Å²) in [5.74, 6) is 0.202. The molecule has 31 heavy (non-hydrogen) atoms. The Hall–Kier alpha value is -2.59. The van der Waals surface area contributed by atoms with Crippen LogP contribution in [-0.4, -0.2) is 36.0 Å². The van der Waals surface area contributed by atoms with E-state index in [1.165, 1.54) is 50.8 Å². The summed E-state index contributed by atoms with van der Waals surface area (Å²) >= 11 is 0. The Morgan fingerprint density at radius 2 is 1.84 bits per heavy atom. The van der Waals surface area contributed by atoms with Crippen molar-refractivity contribution in [1.29, 1.82) is 0 Å². The molecule has 1 saturated heterocycles. The van der Waals surface area contributed by atoms with Crippen LogP contribution in [0.2, 0.25) is 0 Å². The van der Waals surface area contributed by atoms with Crippen molar-refractivity contribution in [3.63, 3.8) is 0 Å². The van der Waals surface area contributed by atoms with Gasteiger partial charge >= 0.3 is 0 Å². The molecule has 2 aromatic carbocycles. The zero-order chi connectivity index (χ0) is 21.2. The zero-order valence-corrected chi connectivity index (χ0v) is 18.4. The molecule has 1 amide bonds. The molecule has 3 aromatic rings. The highest BCUT2D eigenvalue weighted by Gasteiger charge is 2.38. The highest BCUT2D eigenvalue weighted by molar-refractivity contribution is 5.96. The standard InChI is InChI=1S/C27H32N2O2/c1-20-8-2-3-9-23(20)29(25-11-5-4-10-24(25)28-15-6-7-16-28)27(30)19-21-12-13-26-22(18-21)14-17-31-26/h2-3,8-9,12-14,17-18,24-25H,4-7,10-11,15-16,19H2,1H3. The summed E-state index contributed by atoms with van der Waals surface area (Å²) < 4.78 is 5.48. The fourth-order valence-corrected chi connectivity index (χ4v) is 5.61. The van der Waals surface area contributed by atoms with Crippen LogP contribution in [0, 0.1) is 6.92 Å². The smallest absolute Gasteiger partial charge is 0.231 e. The van der Waals surface area contributed by atoms with Crippen LogP contribution in [0.15, 0.2) is 59.2 Å². The number of para-hydroxylation sites is 1. The van der Waals surface area contributed by atoms with Gasteiger partial charge in [0.1, 0.15) is 5.58 Å². The van der Waals surface area contributed by atoms with Gasteiger partial charge in [-0.05, 0) is 81.1 Å². The molecule has 0 bridgehead atoms. The second-order valence-corrected chi connectivity index (χ2v) is 9.18. The molecule has 0 radical (unpaired) electrons.